The fourth-order valence-corrected chi connectivity index (χ4v) is 9.79. The number of hydrogen-bond donors (Lipinski definition) is 2. The van der Waals surface area contributed by atoms with E-state index in [4.69, 9.17) is 9.47 Å². The number of hydrogen-bond acceptors (Lipinski definition) is 6. The van der Waals surface area contributed by atoms with Crippen LogP contribution in [0.25, 0.3) is 0 Å². The first-order chi connectivity index (χ1) is 17.6. The third kappa shape index (κ3) is 4.88. The van der Waals surface area contributed by atoms with Crippen molar-refractivity contribution in [3.05, 3.63) is 0 Å². The summed E-state index contributed by atoms with van der Waals surface area (Å²) >= 11 is 0. The van der Waals surface area contributed by atoms with Crippen LogP contribution in [0.15, 0.2) is 0 Å². The van der Waals surface area contributed by atoms with Crippen LogP contribution < -0.4 is 0 Å². The maximum atomic E-state index is 13.2. The lowest BCUT2D eigenvalue weighted by Gasteiger charge is -2.62. The fourth-order valence-electron chi connectivity index (χ4n) is 9.79. The normalized spacial score (nSPS) is 48.3. The summed E-state index contributed by atoms with van der Waals surface area (Å²) in [5, 5.41) is 20.5. The minimum atomic E-state index is -0.595. The van der Waals surface area contributed by atoms with Crippen molar-refractivity contribution >= 4 is 11.9 Å². The van der Waals surface area contributed by atoms with E-state index in [0.717, 1.165) is 51.4 Å². The van der Waals surface area contributed by atoms with Crippen LogP contribution in [0.3, 0.4) is 0 Å². The smallest absolute Gasteiger partial charge is 0.308 e. The minimum absolute atomic E-state index is 0.0579. The zero-order chi connectivity index (χ0) is 26.5. The van der Waals surface area contributed by atoms with Crippen LogP contribution in [0.2, 0.25) is 0 Å². The van der Waals surface area contributed by atoms with Gasteiger partial charge in [0.25, 0.3) is 0 Å². The first-order valence-electron chi connectivity index (χ1n) is 15.3. The third-order valence-corrected chi connectivity index (χ3v) is 12.2. The van der Waals surface area contributed by atoms with E-state index in [9.17, 15) is 19.8 Å². The molecule has 0 unspecified atom stereocenters. The van der Waals surface area contributed by atoms with Crippen molar-refractivity contribution in [2.75, 3.05) is 0 Å². The van der Waals surface area contributed by atoms with Crippen molar-refractivity contribution in [1.82, 2.24) is 0 Å². The molecule has 6 heteroatoms. The monoisotopic (exact) mass is 518 g/mol. The molecule has 6 nitrogen and oxygen atoms in total. The molecule has 5 fully saturated rings. The van der Waals surface area contributed by atoms with Crippen LogP contribution >= 0.6 is 0 Å². The van der Waals surface area contributed by atoms with Gasteiger partial charge in [0.15, 0.2) is 0 Å². The van der Waals surface area contributed by atoms with Crippen LogP contribution in [0, 0.1) is 46.3 Å². The van der Waals surface area contributed by atoms with E-state index in [2.05, 4.69) is 13.8 Å². The van der Waals surface area contributed by atoms with Crippen molar-refractivity contribution in [2.45, 2.75) is 136 Å². The molecule has 5 aliphatic rings. The Morgan fingerprint density at radius 3 is 2.54 bits per heavy atom. The summed E-state index contributed by atoms with van der Waals surface area (Å²) in [6.45, 7) is 8.90. The zero-order valence-corrected chi connectivity index (χ0v) is 23.5. The van der Waals surface area contributed by atoms with Gasteiger partial charge in [-0.1, -0.05) is 27.7 Å². The van der Waals surface area contributed by atoms with E-state index in [1.807, 2.05) is 13.8 Å². The van der Waals surface area contributed by atoms with Gasteiger partial charge in [-0.15, -0.1) is 0 Å². The van der Waals surface area contributed by atoms with Crippen molar-refractivity contribution in [2.24, 2.45) is 46.3 Å². The van der Waals surface area contributed by atoms with Crippen LogP contribution in [-0.4, -0.2) is 46.6 Å². The Kier molecular flexibility index (Phi) is 7.74. The average Bonchev–Trinajstić information content (AvgIpc) is 3.19. The largest absolute Gasteiger partial charge is 0.462 e. The summed E-state index contributed by atoms with van der Waals surface area (Å²) in [7, 11) is 0. The molecule has 1 aliphatic heterocycles. The number of cyclic esters (lactones) is 1. The van der Waals surface area contributed by atoms with Gasteiger partial charge < -0.3 is 19.7 Å². The topological polar surface area (TPSA) is 93.1 Å². The lowest BCUT2D eigenvalue weighted by atomic mass is 9.44. The number of ether oxygens (including phenoxy) is 2. The van der Waals surface area contributed by atoms with Crippen LogP contribution in [0.1, 0.15) is 111 Å². The Bertz CT molecular complexity index is 859. The molecular formula is C31H50O6. The predicted octanol–water partition coefficient (Wildman–Crippen LogP) is 5.42. The number of carbonyl (C=O) groups is 2. The van der Waals surface area contributed by atoms with Gasteiger partial charge in [-0.25, -0.2) is 0 Å². The second-order valence-corrected chi connectivity index (χ2v) is 14.0. The van der Waals surface area contributed by atoms with Gasteiger partial charge in [-0.05, 0) is 106 Å². The van der Waals surface area contributed by atoms with Gasteiger partial charge in [-0.3, -0.25) is 9.59 Å². The van der Waals surface area contributed by atoms with Crippen molar-refractivity contribution in [3.63, 3.8) is 0 Å². The molecule has 4 aliphatic carbocycles. The van der Waals surface area contributed by atoms with Gasteiger partial charge in [0.1, 0.15) is 12.2 Å². The summed E-state index contributed by atoms with van der Waals surface area (Å²) < 4.78 is 12.1. The van der Waals surface area contributed by atoms with Gasteiger partial charge in [0.05, 0.1) is 24.5 Å². The van der Waals surface area contributed by atoms with Crippen LogP contribution in [0.4, 0.5) is 0 Å². The Balaban J connectivity index is 1.39. The van der Waals surface area contributed by atoms with E-state index < -0.39 is 6.10 Å². The number of rotatable bonds is 6. The lowest BCUT2D eigenvalue weighted by Crippen LogP contribution is -2.59. The molecule has 210 valence electrons. The highest BCUT2D eigenvalue weighted by Gasteiger charge is 2.64. The van der Waals surface area contributed by atoms with Gasteiger partial charge in [0, 0.05) is 11.8 Å². The number of aliphatic hydroxyl groups excluding tert-OH is 2. The Hall–Kier alpha value is -1.14. The Morgan fingerprint density at radius 1 is 1.03 bits per heavy atom. The maximum absolute atomic E-state index is 13.2. The molecule has 1 heterocycles. The number of esters is 2. The second-order valence-electron chi connectivity index (χ2n) is 14.0. The molecule has 37 heavy (non-hydrogen) atoms. The van der Waals surface area contributed by atoms with E-state index in [1.165, 1.54) is 19.3 Å². The molecule has 1 saturated heterocycles. The lowest BCUT2D eigenvalue weighted by molar-refractivity contribution is -0.198. The highest BCUT2D eigenvalue weighted by atomic mass is 16.6. The summed E-state index contributed by atoms with van der Waals surface area (Å²) in [6, 6.07) is 0. The van der Waals surface area contributed by atoms with Gasteiger partial charge >= 0.3 is 11.9 Å². The van der Waals surface area contributed by atoms with E-state index in [1.54, 1.807) is 0 Å². The molecule has 0 aromatic heterocycles. The Morgan fingerprint density at radius 2 is 1.81 bits per heavy atom. The molecule has 0 aromatic carbocycles. The SMILES string of the molecule is CC[C@H](C)C(=O)O[C@H]1C[C@H]2[C@@H](CC[C@@H]3C[C@H](O)CC[C@@]32C)[C@@H]2CC[C@H](CC[C@H]3C[C@H](O)CC(=O)O3)[C@@]12C. The van der Waals surface area contributed by atoms with Crippen LogP contribution in [-0.2, 0) is 19.1 Å². The number of fused-ring (bicyclic) bond motifs is 5. The first kappa shape index (κ1) is 27.4. The molecule has 2 N–H and O–H groups in total. The minimum Gasteiger partial charge on any atom is -0.462 e. The molecule has 0 radical (unpaired) electrons. The third-order valence-electron chi connectivity index (χ3n) is 12.2. The van der Waals surface area contributed by atoms with Crippen molar-refractivity contribution < 1.29 is 29.3 Å². The molecule has 0 bridgehead atoms. The molecule has 0 aromatic rings. The molecule has 4 saturated carbocycles. The Labute approximate surface area is 223 Å². The highest BCUT2D eigenvalue weighted by molar-refractivity contribution is 5.72. The summed E-state index contributed by atoms with van der Waals surface area (Å²) in [5.74, 6) is 2.28. The zero-order valence-electron chi connectivity index (χ0n) is 23.5. The molecule has 0 amide bonds. The average molecular weight is 519 g/mol. The van der Waals surface area contributed by atoms with E-state index in [0.29, 0.717) is 36.0 Å². The molecule has 0 spiro atoms. The number of carbonyl (C=O) groups excluding carboxylic acids is 2. The van der Waals surface area contributed by atoms with Gasteiger partial charge in [0.2, 0.25) is 0 Å². The van der Waals surface area contributed by atoms with Crippen molar-refractivity contribution in [1.29, 1.82) is 0 Å². The van der Waals surface area contributed by atoms with Gasteiger partial charge in [-0.2, -0.15) is 0 Å². The summed E-state index contributed by atoms with van der Waals surface area (Å²) in [6.07, 6.45) is 10.7. The molecule has 12 atom stereocenters. The fraction of sp³-hybridized carbons (Fsp3) is 0.935. The first-order valence-corrected chi connectivity index (χ1v) is 15.3. The molecule has 5 rings (SSSR count). The molecular weight excluding hydrogens is 468 g/mol. The predicted molar refractivity (Wildman–Crippen MR) is 140 cm³/mol. The second kappa shape index (κ2) is 10.4. The summed E-state index contributed by atoms with van der Waals surface area (Å²) in [4.78, 5) is 25.1. The number of aliphatic hydroxyl groups is 2. The maximum Gasteiger partial charge on any atom is 0.308 e. The highest BCUT2D eigenvalue weighted by Crippen LogP contribution is 2.68. The van der Waals surface area contributed by atoms with E-state index in [-0.39, 0.29) is 53.4 Å². The van der Waals surface area contributed by atoms with Crippen molar-refractivity contribution in [3.8, 4) is 0 Å². The van der Waals surface area contributed by atoms with E-state index >= 15 is 0 Å². The standard InChI is InChI=1S/C31H50O6/c1-5-18(2)29(35)37-27-17-26-24(10-7-20-14-21(32)12-13-30(20,26)3)25-11-8-19(31(25,27)4)6-9-23-15-22(33)16-28(34)36-23/h18-27,32-33H,5-17H2,1-4H3/t18-,19-,20+,21+,22-,23-,24-,25-,26-,27-,30-,31+/m0/s1. The quantitative estimate of drug-likeness (QED) is 0.456. The van der Waals surface area contributed by atoms with Crippen LogP contribution in [0.5, 0.6) is 0 Å². The summed E-state index contributed by atoms with van der Waals surface area (Å²) in [5.41, 5.74) is 0.147.